The van der Waals surface area contributed by atoms with Crippen molar-refractivity contribution >= 4 is 22.7 Å². The van der Waals surface area contributed by atoms with Crippen LogP contribution in [0.15, 0.2) is 23.2 Å². The van der Waals surface area contributed by atoms with E-state index in [9.17, 15) is 4.39 Å². The average Bonchev–Trinajstić information content (AvgIpc) is 3.02. The molecule has 0 aliphatic carbocycles. The Kier molecular flexibility index (Phi) is 3.50. The molecule has 3 aromatic rings. The molecule has 0 spiro atoms. The van der Waals surface area contributed by atoms with E-state index < -0.39 is 0 Å². The fourth-order valence-electron chi connectivity index (χ4n) is 3.19. The highest BCUT2D eigenvalue weighted by Gasteiger charge is 2.30. The van der Waals surface area contributed by atoms with Crippen molar-refractivity contribution in [2.75, 3.05) is 5.73 Å². The number of halogens is 1. The normalized spacial score (nSPS) is 16.2. The summed E-state index contributed by atoms with van der Waals surface area (Å²) < 4.78 is 16.7. The lowest BCUT2D eigenvalue weighted by molar-refractivity contribution is 0.625. The van der Waals surface area contributed by atoms with Gasteiger partial charge in [0.25, 0.3) is 0 Å². The molecule has 4 rings (SSSR count). The molecule has 0 saturated carbocycles. The molecule has 1 aromatic carbocycles. The van der Waals surface area contributed by atoms with Crippen LogP contribution in [0.3, 0.4) is 0 Å². The van der Waals surface area contributed by atoms with Crippen molar-refractivity contribution in [3.63, 3.8) is 0 Å². The molecule has 2 aromatic heterocycles. The number of benzene rings is 1. The van der Waals surface area contributed by atoms with Crippen molar-refractivity contribution in [2.24, 2.45) is 4.99 Å². The van der Waals surface area contributed by atoms with Gasteiger partial charge in [-0.3, -0.25) is 9.56 Å². The SMILES string of the molecule is Cc1sc2c(c1C)C(c1ccc(N)cc1F)=NC(C)c1nnc(C)n1-2. The van der Waals surface area contributed by atoms with Crippen LogP contribution in [0.4, 0.5) is 10.1 Å². The number of hydrogen-bond donors (Lipinski definition) is 1. The molecule has 1 aliphatic heterocycles. The van der Waals surface area contributed by atoms with E-state index in [2.05, 4.69) is 17.1 Å². The Morgan fingerprint density at radius 2 is 1.96 bits per heavy atom. The summed E-state index contributed by atoms with van der Waals surface area (Å²) in [5.41, 5.74) is 9.26. The quantitative estimate of drug-likeness (QED) is 0.673. The third-order valence-electron chi connectivity index (χ3n) is 4.60. The number of nitrogen functional groups attached to an aromatic ring is 1. The molecule has 2 N–H and O–H groups in total. The number of nitrogens with two attached hydrogens (primary N) is 1. The number of nitrogens with zero attached hydrogens (tertiary/aromatic N) is 4. The Morgan fingerprint density at radius 1 is 1.20 bits per heavy atom. The van der Waals surface area contributed by atoms with Gasteiger partial charge in [0, 0.05) is 21.7 Å². The number of thiophene rings is 1. The molecule has 5 nitrogen and oxygen atoms in total. The van der Waals surface area contributed by atoms with Gasteiger partial charge in [0.1, 0.15) is 22.7 Å². The molecular weight excluding hydrogens is 337 g/mol. The van der Waals surface area contributed by atoms with Crippen LogP contribution in [0.1, 0.15) is 46.2 Å². The maximum Gasteiger partial charge on any atom is 0.162 e. The molecule has 3 heterocycles. The Hall–Kier alpha value is -2.54. The summed E-state index contributed by atoms with van der Waals surface area (Å²) in [5.74, 6) is 1.21. The predicted octanol–water partition coefficient (Wildman–Crippen LogP) is 3.89. The van der Waals surface area contributed by atoms with Gasteiger partial charge >= 0.3 is 0 Å². The Morgan fingerprint density at radius 3 is 2.68 bits per heavy atom. The van der Waals surface area contributed by atoms with Crippen molar-refractivity contribution in [1.82, 2.24) is 14.8 Å². The zero-order valence-corrected chi connectivity index (χ0v) is 15.3. The lowest BCUT2D eigenvalue weighted by Crippen LogP contribution is -2.09. The smallest absolute Gasteiger partial charge is 0.162 e. The summed E-state index contributed by atoms with van der Waals surface area (Å²) in [5, 5.41) is 9.51. The van der Waals surface area contributed by atoms with Gasteiger partial charge < -0.3 is 5.73 Å². The second-order valence-electron chi connectivity index (χ2n) is 6.30. The van der Waals surface area contributed by atoms with Gasteiger partial charge in [-0.1, -0.05) is 0 Å². The van der Waals surface area contributed by atoms with Crippen LogP contribution in [0.25, 0.3) is 5.00 Å². The minimum absolute atomic E-state index is 0.229. The van der Waals surface area contributed by atoms with Crippen LogP contribution in [-0.4, -0.2) is 20.5 Å². The molecule has 0 fully saturated rings. The first-order chi connectivity index (χ1) is 11.9. The van der Waals surface area contributed by atoms with E-state index in [1.807, 2.05) is 25.3 Å². The molecule has 0 radical (unpaired) electrons. The van der Waals surface area contributed by atoms with Crippen molar-refractivity contribution < 1.29 is 4.39 Å². The lowest BCUT2D eigenvalue weighted by atomic mass is 9.99. The third kappa shape index (κ3) is 2.30. The summed E-state index contributed by atoms with van der Waals surface area (Å²) in [6.45, 7) is 7.99. The fraction of sp³-hybridized carbons (Fsp3) is 0.278. The predicted molar refractivity (Wildman–Crippen MR) is 98.3 cm³/mol. The number of aromatic nitrogens is 3. The van der Waals surface area contributed by atoms with E-state index >= 15 is 0 Å². The maximum atomic E-state index is 14.7. The maximum absolute atomic E-state index is 14.7. The van der Waals surface area contributed by atoms with Crippen LogP contribution in [0.2, 0.25) is 0 Å². The molecule has 1 unspecified atom stereocenters. The Balaban J connectivity index is 2.07. The summed E-state index contributed by atoms with van der Waals surface area (Å²) in [7, 11) is 0. The van der Waals surface area contributed by atoms with Crippen LogP contribution in [0.5, 0.6) is 0 Å². The molecule has 1 atom stereocenters. The van der Waals surface area contributed by atoms with Crippen molar-refractivity contribution in [1.29, 1.82) is 0 Å². The van der Waals surface area contributed by atoms with Gasteiger partial charge in [0.2, 0.25) is 0 Å². The Labute approximate surface area is 149 Å². The Bertz CT molecular complexity index is 1030. The molecule has 7 heteroatoms. The first kappa shape index (κ1) is 16.0. The zero-order chi connectivity index (χ0) is 17.9. The summed E-state index contributed by atoms with van der Waals surface area (Å²) in [6.07, 6.45) is 0. The standard InChI is InChI=1S/C18H18FN5S/c1-8-10(3)25-18-15(8)16(13-6-5-12(20)7-14(13)19)21-9(2)17-23-22-11(4)24(17)18/h5-7,9H,20H2,1-4H3. The molecule has 0 saturated heterocycles. The number of hydrogen-bond acceptors (Lipinski definition) is 5. The molecular formula is C18H18FN5S. The van der Waals surface area contributed by atoms with E-state index in [1.54, 1.807) is 23.5 Å². The van der Waals surface area contributed by atoms with Crippen LogP contribution >= 0.6 is 11.3 Å². The van der Waals surface area contributed by atoms with Gasteiger partial charge in [-0.15, -0.1) is 21.5 Å². The van der Waals surface area contributed by atoms with Crippen molar-refractivity contribution in [3.8, 4) is 5.00 Å². The first-order valence-corrected chi connectivity index (χ1v) is 8.86. The van der Waals surface area contributed by atoms with Crippen molar-refractivity contribution in [2.45, 2.75) is 33.7 Å². The second kappa shape index (κ2) is 5.49. The number of aryl methyl sites for hydroxylation is 2. The highest BCUT2D eigenvalue weighted by molar-refractivity contribution is 7.15. The van der Waals surface area contributed by atoms with E-state index in [4.69, 9.17) is 10.7 Å². The van der Waals surface area contributed by atoms with Crippen LogP contribution in [0, 0.1) is 26.6 Å². The van der Waals surface area contributed by atoms with E-state index in [0.29, 0.717) is 17.0 Å². The second-order valence-corrected chi connectivity index (χ2v) is 7.50. The third-order valence-corrected chi connectivity index (χ3v) is 5.79. The summed E-state index contributed by atoms with van der Waals surface area (Å²) in [6, 6.07) is 4.52. The largest absolute Gasteiger partial charge is 0.399 e. The highest BCUT2D eigenvalue weighted by atomic mass is 32.1. The van der Waals surface area contributed by atoms with Crippen molar-refractivity contribution in [3.05, 3.63) is 57.2 Å². The van der Waals surface area contributed by atoms with Crippen LogP contribution in [-0.2, 0) is 0 Å². The minimum atomic E-state index is -0.366. The zero-order valence-electron chi connectivity index (χ0n) is 14.5. The molecule has 0 amide bonds. The van der Waals surface area contributed by atoms with E-state index in [-0.39, 0.29) is 11.9 Å². The van der Waals surface area contributed by atoms with Gasteiger partial charge in [-0.2, -0.15) is 0 Å². The molecule has 1 aliphatic rings. The monoisotopic (exact) mass is 355 g/mol. The van der Waals surface area contributed by atoms with Gasteiger partial charge in [0.15, 0.2) is 5.82 Å². The lowest BCUT2D eigenvalue weighted by Gasteiger charge is -2.10. The summed E-state index contributed by atoms with van der Waals surface area (Å²) in [4.78, 5) is 5.99. The van der Waals surface area contributed by atoms with Gasteiger partial charge in [-0.05, 0) is 51.5 Å². The van der Waals surface area contributed by atoms with Gasteiger partial charge in [0.05, 0.1) is 5.71 Å². The average molecular weight is 355 g/mol. The van der Waals surface area contributed by atoms with E-state index in [0.717, 1.165) is 27.8 Å². The number of anilines is 1. The fourth-order valence-corrected chi connectivity index (χ4v) is 4.40. The number of aliphatic imine (C=N–C) groups is 1. The first-order valence-electron chi connectivity index (χ1n) is 8.04. The van der Waals surface area contributed by atoms with Crippen LogP contribution < -0.4 is 5.73 Å². The molecule has 0 bridgehead atoms. The molecule has 128 valence electrons. The minimum Gasteiger partial charge on any atom is -0.399 e. The summed E-state index contributed by atoms with van der Waals surface area (Å²) >= 11 is 1.66. The van der Waals surface area contributed by atoms with Gasteiger partial charge in [-0.25, -0.2) is 4.39 Å². The molecule has 25 heavy (non-hydrogen) atoms. The number of fused-ring (bicyclic) bond motifs is 3. The van der Waals surface area contributed by atoms with E-state index in [1.165, 1.54) is 10.9 Å². The number of rotatable bonds is 1. The highest BCUT2D eigenvalue weighted by Crippen LogP contribution is 2.38. The topological polar surface area (TPSA) is 69.1 Å².